The van der Waals surface area contributed by atoms with Crippen LogP contribution in [-0.4, -0.2) is 0 Å². The topological polar surface area (TPSA) is 12.5 Å². The van der Waals surface area contributed by atoms with Gasteiger partial charge >= 0.3 is 0 Å². The summed E-state index contributed by atoms with van der Waals surface area (Å²) in [7, 11) is 0. The number of unbranched alkanes of at least 4 members (excludes halogenated alkanes) is 2. The van der Waals surface area contributed by atoms with Gasteiger partial charge in [-0.3, -0.25) is 0 Å². The summed E-state index contributed by atoms with van der Waals surface area (Å²) in [5.74, 6) is 2.02. The van der Waals surface area contributed by atoms with Gasteiger partial charge in [0.25, 0.3) is 0 Å². The van der Waals surface area contributed by atoms with Crippen LogP contribution in [-0.2, 0) is 5.41 Å². The molecule has 0 fully saturated rings. The minimum absolute atomic E-state index is 0.125. The molecule has 2 heteroatoms. The van der Waals surface area contributed by atoms with Gasteiger partial charge in [0.15, 0.2) is 11.5 Å². The number of para-hydroxylation sites is 3. The van der Waals surface area contributed by atoms with E-state index in [0.29, 0.717) is 0 Å². The van der Waals surface area contributed by atoms with Crippen molar-refractivity contribution in [3.63, 3.8) is 0 Å². The van der Waals surface area contributed by atoms with Gasteiger partial charge in [-0.05, 0) is 106 Å². The Bertz CT molecular complexity index is 2160. The maximum absolute atomic E-state index is 6.74. The lowest BCUT2D eigenvalue weighted by molar-refractivity contribution is 0.436. The van der Waals surface area contributed by atoms with Gasteiger partial charge in [-0.1, -0.05) is 156 Å². The Morgan fingerprint density at radius 1 is 0.686 bits per heavy atom. The van der Waals surface area contributed by atoms with Gasteiger partial charge in [0.05, 0.1) is 11.4 Å². The second-order valence-corrected chi connectivity index (χ2v) is 14.5. The summed E-state index contributed by atoms with van der Waals surface area (Å²) in [5, 5.41) is 0. The van der Waals surface area contributed by atoms with Crippen molar-refractivity contribution in [1.29, 1.82) is 0 Å². The molecule has 1 heterocycles. The zero-order valence-electron chi connectivity index (χ0n) is 30.9. The zero-order chi connectivity index (χ0) is 35.5. The van der Waals surface area contributed by atoms with Gasteiger partial charge in [0.1, 0.15) is 0 Å². The predicted molar refractivity (Wildman–Crippen MR) is 217 cm³/mol. The van der Waals surface area contributed by atoms with Crippen LogP contribution in [0.3, 0.4) is 0 Å². The molecule has 0 saturated heterocycles. The fourth-order valence-corrected chi connectivity index (χ4v) is 7.75. The van der Waals surface area contributed by atoms with Gasteiger partial charge < -0.3 is 9.64 Å². The lowest BCUT2D eigenvalue weighted by Crippen LogP contribution is -2.26. The summed E-state index contributed by atoms with van der Waals surface area (Å²) in [6.45, 7) is 13.9. The minimum atomic E-state index is -0.125. The summed E-state index contributed by atoms with van der Waals surface area (Å²) in [4.78, 5) is 2.32. The maximum Gasteiger partial charge on any atom is 0.155 e. The average molecular weight is 668 g/mol. The molecular formula is C49H49NO. The molecule has 0 radical (unpaired) electrons. The number of allylic oxidation sites excluding steroid dienone is 1. The van der Waals surface area contributed by atoms with Gasteiger partial charge in [-0.15, -0.1) is 0 Å². The first-order valence-corrected chi connectivity index (χ1v) is 18.5. The third-order valence-corrected chi connectivity index (χ3v) is 11.0. The molecule has 0 spiro atoms. The Hall–Kier alpha value is -5.34. The highest BCUT2D eigenvalue weighted by molar-refractivity contribution is 5.90. The molecule has 2 nitrogen and oxygen atoms in total. The minimum Gasteiger partial charge on any atom is -0.453 e. The number of nitrogens with zero attached hydrogens (tertiary/aromatic N) is 1. The van der Waals surface area contributed by atoms with E-state index in [-0.39, 0.29) is 11.3 Å². The van der Waals surface area contributed by atoms with E-state index in [1.165, 1.54) is 57.4 Å². The lowest BCUT2D eigenvalue weighted by Gasteiger charge is -2.36. The summed E-state index contributed by atoms with van der Waals surface area (Å²) >= 11 is 0. The molecule has 1 aliphatic heterocycles. The fraction of sp³-hybridized carbons (Fsp3) is 0.224. The van der Waals surface area contributed by atoms with E-state index in [0.717, 1.165) is 40.5 Å². The Kier molecular flexibility index (Phi) is 9.69. The normalized spacial score (nSPS) is 13.3. The van der Waals surface area contributed by atoms with Crippen molar-refractivity contribution in [2.45, 2.75) is 72.1 Å². The third-order valence-electron chi connectivity index (χ3n) is 11.0. The van der Waals surface area contributed by atoms with Crippen molar-refractivity contribution in [3.05, 3.63) is 179 Å². The number of hydrogen-bond donors (Lipinski definition) is 0. The molecular weight excluding hydrogens is 619 g/mol. The number of aryl methyl sites for hydroxylation is 1. The smallest absolute Gasteiger partial charge is 0.155 e. The van der Waals surface area contributed by atoms with Crippen LogP contribution in [0, 0.1) is 13.8 Å². The monoisotopic (exact) mass is 667 g/mol. The molecule has 0 aromatic heterocycles. The first-order valence-electron chi connectivity index (χ1n) is 18.5. The van der Waals surface area contributed by atoms with E-state index >= 15 is 0 Å². The molecule has 0 amide bonds. The van der Waals surface area contributed by atoms with Crippen molar-refractivity contribution in [2.75, 3.05) is 4.90 Å². The molecule has 6 aromatic rings. The van der Waals surface area contributed by atoms with Crippen LogP contribution >= 0.6 is 0 Å². The zero-order valence-corrected chi connectivity index (χ0v) is 30.9. The second kappa shape index (κ2) is 14.5. The van der Waals surface area contributed by atoms with Crippen molar-refractivity contribution < 1.29 is 4.74 Å². The Morgan fingerprint density at radius 3 is 2.08 bits per heavy atom. The number of hydrogen-bond acceptors (Lipinski definition) is 2. The fourth-order valence-electron chi connectivity index (χ4n) is 7.75. The molecule has 51 heavy (non-hydrogen) atoms. The molecule has 7 rings (SSSR count). The highest BCUT2D eigenvalue weighted by Crippen LogP contribution is 2.54. The van der Waals surface area contributed by atoms with E-state index in [2.05, 4.69) is 186 Å². The van der Waals surface area contributed by atoms with Gasteiger partial charge in [0.2, 0.25) is 0 Å². The Morgan fingerprint density at radius 2 is 1.35 bits per heavy atom. The van der Waals surface area contributed by atoms with E-state index in [1.807, 2.05) is 6.07 Å². The molecule has 256 valence electrons. The predicted octanol–water partition coefficient (Wildman–Crippen LogP) is 14.2. The van der Waals surface area contributed by atoms with Crippen LogP contribution in [0.2, 0.25) is 0 Å². The van der Waals surface area contributed by atoms with E-state index in [4.69, 9.17) is 4.74 Å². The quantitative estimate of drug-likeness (QED) is 0.135. The van der Waals surface area contributed by atoms with E-state index in [1.54, 1.807) is 0 Å². The average Bonchev–Trinajstić information content (AvgIpc) is 3.16. The molecule has 1 aliphatic rings. The van der Waals surface area contributed by atoms with Gasteiger partial charge in [0, 0.05) is 11.3 Å². The lowest BCUT2D eigenvalue weighted by atomic mass is 9.68. The number of benzene rings is 6. The summed E-state index contributed by atoms with van der Waals surface area (Å²) in [6, 6.07) is 50.4. The molecule has 1 unspecified atom stereocenters. The summed E-state index contributed by atoms with van der Waals surface area (Å²) < 4.78 is 6.74. The number of ether oxygens (including phenoxy) is 1. The standard InChI is InChI=1S/C49H49NO/c1-7-8-11-24-42(37-20-12-9-13-21-37)38-28-30-39(31-29-38)49(5,6)36(4)47-34(2)19-18-25-43(47)41-32-33-45-48(35(41)3)51-46-27-17-16-26-44(46)50(45)40-22-14-10-15-23-40/h9-10,12-33,36H,7-8,11H2,1-6H3/b42-24+. The van der Waals surface area contributed by atoms with E-state index < -0.39 is 0 Å². The van der Waals surface area contributed by atoms with Crippen LogP contribution in [0.5, 0.6) is 11.5 Å². The Balaban J connectivity index is 1.26. The summed E-state index contributed by atoms with van der Waals surface area (Å²) in [6.07, 6.45) is 5.91. The first kappa shape index (κ1) is 34.1. The van der Waals surface area contributed by atoms with Crippen molar-refractivity contribution >= 4 is 22.6 Å². The SMILES string of the molecule is CCCC/C=C(\c1ccccc1)c1ccc(C(C)(C)C(C)c2c(C)cccc2-c2ccc3c(c2C)Oc2ccccc2N3c2ccccc2)cc1. The first-order chi connectivity index (χ1) is 24.8. The third kappa shape index (κ3) is 6.52. The van der Waals surface area contributed by atoms with Crippen LogP contribution in [0.25, 0.3) is 16.7 Å². The molecule has 1 atom stereocenters. The molecule has 0 aliphatic carbocycles. The largest absolute Gasteiger partial charge is 0.453 e. The molecule has 6 aromatic carbocycles. The van der Waals surface area contributed by atoms with Crippen molar-refractivity contribution in [2.24, 2.45) is 0 Å². The van der Waals surface area contributed by atoms with Crippen LogP contribution in [0.1, 0.15) is 86.3 Å². The maximum atomic E-state index is 6.74. The number of rotatable bonds is 10. The van der Waals surface area contributed by atoms with Crippen molar-refractivity contribution in [3.8, 4) is 22.6 Å². The van der Waals surface area contributed by atoms with Crippen molar-refractivity contribution in [1.82, 2.24) is 0 Å². The van der Waals surface area contributed by atoms with Gasteiger partial charge in [-0.2, -0.15) is 0 Å². The molecule has 0 saturated carbocycles. The number of fused-ring (bicyclic) bond motifs is 2. The molecule has 0 N–H and O–H groups in total. The highest BCUT2D eigenvalue weighted by Gasteiger charge is 2.33. The van der Waals surface area contributed by atoms with Crippen LogP contribution < -0.4 is 9.64 Å². The van der Waals surface area contributed by atoms with Crippen LogP contribution in [0.4, 0.5) is 17.1 Å². The second-order valence-electron chi connectivity index (χ2n) is 14.5. The summed E-state index contributed by atoms with van der Waals surface area (Å²) in [5.41, 5.74) is 14.6. The van der Waals surface area contributed by atoms with Crippen LogP contribution in [0.15, 0.2) is 146 Å². The molecule has 0 bridgehead atoms. The number of anilines is 3. The van der Waals surface area contributed by atoms with Gasteiger partial charge in [-0.25, -0.2) is 0 Å². The van der Waals surface area contributed by atoms with E-state index in [9.17, 15) is 0 Å². The highest BCUT2D eigenvalue weighted by atomic mass is 16.5. The Labute approximate surface area is 305 Å².